The molecule has 2 heterocycles. The molecule has 0 radical (unpaired) electrons. The van der Waals surface area contributed by atoms with E-state index in [0.717, 1.165) is 16.7 Å². The lowest BCUT2D eigenvalue weighted by atomic mass is 9.41. The van der Waals surface area contributed by atoms with Gasteiger partial charge in [-0.1, -0.05) is 25.5 Å². The summed E-state index contributed by atoms with van der Waals surface area (Å²) < 4.78 is 22.1. The Balaban J connectivity index is 1.73. The van der Waals surface area contributed by atoms with E-state index in [1.807, 2.05) is 13.0 Å². The number of allylic oxidation sites excluding steroid dienone is 2. The molecule has 1 aromatic heterocycles. The van der Waals surface area contributed by atoms with Crippen molar-refractivity contribution in [2.45, 2.75) is 64.8 Å². The van der Waals surface area contributed by atoms with Crippen molar-refractivity contribution in [1.29, 1.82) is 0 Å². The number of carbonyl (C=O) groups is 3. The van der Waals surface area contributed by atoms with Crippen LogP contribution in [0.4, 0.5) is 0 Å². The van der Waals surface area contributed by atoms with Crippen molar-refractivity contribution >= 4 is 17.7 Å². The standard InChI is InChI=1S/C28H34O8/c1-14-16(15-8-10-35-13-15)11-17-21(14)28(4)18(12-20(30)33-5)27(3)19(29)7-9-26(2,25(32)34-6)23(27)22(31)24(28)36-17/h7-10,13,16-18,22-24,31H,11-12H2,1-6H3/t16-,17-,18-,22-,23?,24-,26-,27+,28-/m1/s1. The van der Waals surface area contributed by atoms with Gasteiger partial charge in [-0.25, -0.2) is 0 Å². The number of aliphatic hydroxyl groups excluding tert-OH is 1. The lowest BCUT2D eigenvalue weighted by molar-refractivity contribution is -0.216. The predicted octanol–water partition coefficient (Wildman–Crippen LogP) is 3.35. The van der Waals surface area contributed by atoms with Crippen LogP contribution < -0.4 is 0 Å². The number of fused-ring (bicyclic) bond motifs is 4. The average molecular weight is 499 g/mol. The molecule has 8 heteroatoms. The van der Waals surface area contributed by atoms with Gasteiger partial charge < -0.3 is 23.7 Å². The van der Waals surface area contributed by atoms with E-state index in [2.05, 4.69) is 6.92 Å². The molecule has 0 aromatic carbocycles. The first-order chi connectivity index (χ1) is 17.0. The number of methoxy groups -OCH3 is 2. The molecule has 9 atom stereocenters. The molecule has 0 amide bonds. The third-order valence-corrected chi connectivity index (χ3v) is 9.87. The third kappa shape index (κ3) is 2.97. The molecule has 2 fully saturated rings. The fourth-order valence-corrected chi connectivity index (χ4v) is 8.29. The van der Waals surface area contributed by atoms with E-state index >= 15 is 0 Å². The van der Waals surface area contributed by atoms with Crippen LogP contribution in [0, 0.1) is 28.1 Å². The molecule has 194 valence electrons. The van der Waals surface area contributed by atoms with Crippen molar-refractivity contribution in [2.75, 3.05) is 14.2 Å². The smallest absolute Gasteiger partial charge is 0.315 e. The first-order valence-electron chi connectivity index (χ1n) is 12.4. The van der Waals surface area contributed by atoms with E-state index in [-0.39, 0.29) is 24.2 Å². The maximum Gasteiger partial charge on any atom is 0.315 e. The van der Waals surface area contributed by atoms with Gasteiger partial charge in [-0.2, -0.15) is 0 Å². The van der Waals surface area contributed by atoms with Crippen molar-refractivity contribution in [3.63, 3.8) is 0 Å². The second-order valence-corrected chi connectivity index (χ2v) is 11.3. The number of ether oxygens (including phenoxy) is 3. The maximum absolute atomic E-state index is 13.8. The number of carbonyl (C=O) groups excluding carboxylic acids is 3. The molecule has 3 aliphatic carbocycles. The minimum atomic E-state index is -1.28. The first kappa shape index (κ1) is 25.0. The van der Waals surface area contributed by atoms with Gasteiger partial charge in [0.05, 0.1) is 56.9 Å². The molecule has 1 aromatic rings. The van der Waals surface area contributed by atoms with Crippen LogP contribution in [0.15, 0.2) is 46.3 Å². The Kier molecular flexibility index (Phi) is 5.65. The van der Waals surface area contributed by atoms with Gasteiger partial charge in [0.2, 0.25) is 0 Å². The fraction of sp³-hybridized carbons (Fsp3) is 0.607. The summed E-state index contributed by atoms with van der Waals surface area (Å²) in [6, 6.07) is 1.94. The first-order valence-corrected chi connectivity index (χ1v) is 12.4. The Bertz CT molecular complexity index is 1160. The Morgan fingerprint density at radius 3 is 2.50 bits per heavy atom. The van der Waals surface area contributed by atoms with Gasteiger partial charge >= 0.3 is 11.9 Å². The molecule has 0 bridgehead atoms. The van der Waals surface area contributed by atoms with Crippen LogP contribution in [0.1, 0.15) is 52.0 Å². The van der Waals surface area contributed by atoms with E-state index in [1.54, 1.807) is 26.4 Å². The molecular weight excluding hydrogens is 464 g/mol. The number of furan rings is 1. The third-order valence-electron chi connectivity index (χ3n) is 9.87. The van der Waals surface area contributed by atoms with E-state index in [4.69, 9.17) is 18.6 Å². The number of hydrogen-bond donors (Lipinski definition) is 1. The summed E-state index contributed by atoms with van der Waals surface area (Å²) in [5.41, 5.74) is -0.215. The van der Waals surface area contributed by atoms with E-state index in [0.29, 0.717) is 6.42 Å². The highest BCUT2D eigenvalue weighted by Crippen LogP contribution is 2.70. The summed E-state index contributed by atoms with van der Waals surface area (Å²) in [7, 11) is 2.62. The number of ketones is 1. The molecule has 1 saturated carbocycles. The van der Waals surface area contributed by atoms with E-state index in [9.17, 15) is 19.5 Å². The molecule has 0 spiro atoms. The topological polar surface area (TPSA) is 112 Å². The average Bonchev–Trinajstić information content (AvgIpc) is 3.56. The summed E-state index contributed by atoms with van der Waals surface area (Å²) in [5, 5.41) is 11.9. The molecular formula is C28H34O8. The molecule has 4 aliphatic rings. The summed E-state index contributed by atoms with van der Waals surface area (Å²) in [6.45, 7) is 7.50. The number of hydrogen-bond acceptors (Lipinski definition) is 8. The number of rotatable bonds is 4. The summed E-state index contributed by atoms with van der Waals surface area (Å²) in [5.74, 6) is -2.60. The van der Waals surface area contributed by atoms with Crippen LogP contribution >= 0.6 is 0 Å². The lowest BCUT2D eigenvalue weighted by Crippen LogP contribution is -2.69. The normalized spacial score (nSPS) is 43.1. The van der Waals surface area contributed by atoms with Gasteiger partial charge in [0, 0.05) is 22.7 Å². The fourth-order valence-electron chi connectivity index (χ4n) is 8.29. The van der Waals surface area contributed by atoms with Gasteiger partial charge in [-0.15, -0.1) is 0 Å². The zero-order chi connectivity index (χ0) is 26.2. The lowest BCUT2D eigenvalue weighted by Gasteiger charge is -2.61. The second-order valence-electron chi connectivity index (χ2n) is 11.3. The van der Waals surface area contributed by atoms with Gasteiger partial charge in [0.1, 0.15) is 0 Å². The zero-order valence-corrected chi connectivity index (χ0v) is 21.6. The van der Waals surface area contributed by atoms with Gasteiger partial charge in [-0.3, -0.25) is 14.4 Å². The van der Waals surface area contributed by atoms with Crippen molar-refractivity contribution in [3.8, 4) is 0 Å². The largest absolute Gasteiger partial charge is 0.472 e. The van der Waals surface area contributed by atoms with E-state index in [1.165, 1.54) is 26.4 Å². The zero-order valence-electron chi connectivity index (χ0n) is 21.6. The van der Waals surface area contributed by atoms with Crippen LogP contribution in [0.3, 0.4) is 0 Å². The highest BCUT2D eigenvalue weighted by atomic mass is 16.5. The Morgan fingerprint density at radius 1 is 1.17 bits per heavy atom. The van der Waals surface area contributed by atoms with Gasteiger partial charge in [-0.05, 0) is 49.5 Å². The summed E-state index contributed by atoms with van der Waals surface area (Å²) >= 11 is 0. The number of esters is 2. The molecule has 1 N–H and O–H groups in total. The molecule has 8 nitrogen and oxygen atoms in total. The quantitative estimate of drug-likeness (QED) is 0.497. The summed E-state index contributed by atoms with van der Waals surface area (Å²) in [6.07, 6.45) is 4.78. The summed E-state index contributed by atoms with van der Waals surface area (Å²) in [4.78, 5) is 39.6. The van der Waals surface area contributed by atoms with Crippen LogP contribution in [0.2, 0.25) is 0 Å². The van der Waals surface area contributed by atoms with Crippen LogP contribution in [0.5, 0.6) is 0 Å². The van der Waals surface area contributed by atoms with Crippen LogP contribution in [0.25, 0.3) is 0 Å². The maximum atomic E-state index is 13.8. The molecule has 36 heavy (non-hydrogen) atoms. The molecule has 1 aliphatic heterocycles. The minimum absolute atomic E-state index is 0.0523. The highest BCUT2D eigenvalue weighted by Gasteiger charge is 2.74. The SMILES string of the molecule is COC(=O)C[C@H]1[C@]2(C)C3=C(C)[C@H](c4ccoc4)C[C@H]3O[C@@H]2[C@H](O)C2[C@](C)(C(=O)OC)C=CC(=O)[C@@]21C. The molecule has 5 rings (SSSR count). The Hall–Kier alpha value is -2.71. The minimum Gasteiger partial charge on any atom is -0.472 e. The number of aliphatic hydroxyl groups is 1. The van der Waals surface area contributed by atoms with Gasteiger partial charge in [0.15, 0.2) is 5.78 Å². The monoisotopic (exact) mass is 498 g/mol. The predicted molar refractivity (Wildman–Crippen MR) is 128 cm³/mol. The highest BCUT2D eigenvalue weighted by molar-refractivity contribution is 5.99. The van der Waals surface area contributed by atoms with Crippen molar-refractivity contribution in [2.24, 2.45) is 28.1 Å². The van der Waals surface area contributed by atoms with E-state index < -0.39 is 52.2 Å². The Labute approximate surface area is 210 Å². The van der Waals surface area contributed by atoms with Crippen LogP contribution in [-0.2, 0) is 28.6 Å². The molecule has 1 unspecified atom stereocenters. The van der Waals surface area contributed by atoms with Crippen molar-refractivity contribution < 1.29 is 38.1 Å². The van der Waals surface area contributed by atoms with Gasteiger partial charge in [0.25, 0.3) is 0 Å². The van der Waals surface area contributed by atoms with Crippen molar-refractivity contribution in [3.05, 3.63) is 47.5 Å². The van der Waals surface area contributed by atoms with Crippen LogP contribution in [-0.4, -0.2) is 55.4 Å². The second kappa shape index (κ2) is 8.15. The Morgan fingerprint density at radius 2 is 1.89 bits per heavy atom. The van der Waals surface area contributed by atoms with Crippen molar-refractivity contribution in [1.82, 2.24) is 0 Å². The molecule has 1 saturated heterocycles.